The fourth-order valence-corrected chi connectivity index (χ4v) is 11.0. The molecule has 2 heterocycles. The number of amides is 6. The summed E-state index contributed by atoms with van der Waals surface area (Å²) in [7, 11) is -9.01. The van der Waals surface area contributed by atoms with E-state index in [1.165, 1.54) is 79.0 Å². The third-order valence-electron chi connectivity index (χ3n) is 13.3. The Balaban J connectivity index is 0.986. The average molecular weight is 1140 g/mol. The summed E-state index contributed by atoms with van der Waals surface area (Å²) in [5, 5.41) is 37.8. The maximum absolute atomic E-state index is 13.7. The molecule has 0 spiro atoms. The van der Waals surface area contributed by atoms with Crippen LogP contribution in [0, 0.1) is 11.8 Å². The molecule has 6 atom stereocenters. The van der Waals surface area contributed by atoms with Gasteiger partial charge in [0.15, 0.2) is 21.4 Å². The van der Waals surface area contributed by atoms with E-state index in [4.69, 9.17) is 5.73 Å². The quantitative estimate of drug-likeness (QED) is 0.0220. The summed E-state index contributed by atoms with van der Waals surface area (Å²) in [5.74, 6) is -6.09. The van der Waals surface area contributed by atoms with E-state index in [1.54, 1.807) is 33.8 Å². The maximum atomic E-state index is 13.7. The van der Waals surface area contributed by atoms with Crippen LogP contribution in [0.15, 0.2) is 70.6 Å². The third kappa shape index (κ3) is 14.5. The van der Waals surface area contributed by atoms with Crippen molar-refractivity contribution < 1.29 is 64.9 Å². The Hall–Kier alpha value is -7.66. The van der Waals surface area contributed by atoms with Crippen LogP contribution in [0.2, 0.25) is 0 Å². The van der Waals surface area contributed by atoms with Gasteiger partial charge in [0, 0.05) is 49.9 Å². The molecule has 1 saturated heterocycles. The van der Waals surface area contributed by atoms with Crippen LogP contribution in [0.25, 0.3) is 0 Å². The van der Waals surface area contributed by atoms with Gasteiger partial charge in [-0.1, -0.05) is 63.2 Å². The number of aliphatic hydroxyl groups is 1. The first-order valence-corrected chi connectivity index (χ1v) is 28.4. The normalized spacial score (nSPS) is 16.2. The van der Waals surface area contributed by atoms with Gasteiger partial charge in [-0.25, -0.2) is 13.1 Å². The van der Waals surface area contributed by atoms with Crippen LogP contribution in [0.4, 0.5) is 17.1 Å². The molecule has 1 aromatic heterocycles. The molecule has 6 unspecified atom stereocenters. The molecule has 6 amide bonds. The van der Waals surface area contributed by atoms with Crippen LogP contribution in [-0.2, 0) is 61.8 Å². The Morgan fingerprint density at radius 2 is 1.44 bits per heavy atom. The number of nitrogens with zero attached hydrogens (tertiary/aromatic N) is 4. The topological polar surface area (TPSA) is 389 Å². The standard InChI is InChI=1S/C51H66N12O14S2/c1-26(2)43(59-47(68)28(5)57-50(71)44(27(3)4)60-48(69)38-16-11-18-62(38)51(72)29(6)56-30(7)64)49(70)54-24-33(65)25-63-32(23-55-61-63)22-53-17-19-78(73,74)34-13-10-12-31(20-34)58-37-21-39(79(75,76)77)42(52)41-40(37)45(66)35-14-8-9-15-36(35)46(41)67/h8-10,12-15,20-21,23,26-29,33,38,43-44,53,58,65H,11,16-19,22,24-25,52H2,1-7H3,(H,54,70)(H,56,64)(H,57,71)(H,59,68)(H,60,69)(H,75,76,77). The molecule has 26 nitrogen and oxygen atoms in total. The van der Waals surface area contributed by atoms with Gasteiger partial charge in [0.05, 0.1) is 57.7 Å². The van der Waals surface area contributed by atoms with Crippen molar-refractivity contribution in [1.29, 1.82) is 0 Å². The minimum Gasteiger partial charge on any atom is -0.397 e. The number of fused-ring (bicyclic) bond motifs is 2. The number of aromatic nitrogens is 3. The van der Waals surface area contributed by atoms with Gasteiger partial charge in [-0.3, -0.25) is 42.9 Å². The lowest BCUT2D eigenvalue weighted by Crippen LogP contribution is -2.59. The minimum absolute atomic E-state index is 0.0168. The molecule has 0 saturated carbocycles. The smallest absolute Gasteiger partial charge is 0.296 e. The summed E-state index contributed by atoms with van der Waals surface area (Å²) in [6.07, 6.45) is 1.08. The molecule has 2 aliphatic rings. The van der Waals surface area contributed by atoms with E-state index < -0.39 is 137 Å². The van der Waals surface area contributed by atoms with Crippen LogP contribution in [0.3, 0.4) is 0 Å². The molecule has 0 bridgehead atoms. The number of hydrogen-bond donors (Lipinski definition) is 10. The highest BCUT2D eigenvalue weighted by Crippen LogP contribution is 2.40. The first-order chi connectivity index (χ1) is 37.1. The van der Waals surface area contributed by atoms with Gasteiger partial charge in [-0.05, 0) is 62.8 Å². The van der Waals surface area contributed by atoms with Crippen LogP contribution in [0.1, 0.15) is 98.8 Å². The monoisotopic (exact) mass is 1130 g/mol. The third-order valence-corrected chi connectivity index (χ3v) is 15.9. The molecule has 11 N–H and O–H groups in total. The lowest BCUT2D eigenvalue weighted by Gasteiger charge is -2.30. The molecule has 426 valence electrons. The zero-order chi connectivity index (χ0) is 58.3. The highest BCUT2D eigenvalue weighted by atomic mass is 32.2. The van der Waals surface area contributed by atoms with E-state index >= 15 is 0 Å². The van der Waals surface area contributed by atoms with Crippen molar-refractivity contribution in [1.82, 2.24) is 51.8 Å². The minimum atomic E-state index is -5.01. The van der Waals surface area contributed by atoms with Crippen LogP contribution in [-0.4, -0.2) is 155 Å². The van der Waals surface area contributed by atoms with Gasteiger partial charge in [0.1, 0.15) is 35.1 Å². The summed E-state index contributed by atoms with van der Waals surface area (Å²) < 4.78 is 63.2. The number of anilines is 3. The number of rotatable bonds is 24. The summed E-state index contributed by atoms with van der Waals surface area (Å²) in [6.45, 7) is 10.8. The number of sulfone groups is 1. The van der Waals surface area contributed by atoms with Gasteiger partial charge in [0.25, 0.3) is 10.1 Å². The van der Waals surface area contributed by atoms with Crippen molar-refractivity contribution in [3.05, 3.63) is 88.7 Å². The van der Waals surface area contributed by atoms with Gasteiger partial charge in [-0.15, -0.1) is 5.10 Å². The summed E-state index contributed by atoms with van der Waals surface area (Å²) in [4.78, 5) is 106. The van der Waals surface area contributed by atoms with Gasteiger partial charge in [-0.2, -0.15) is 8.42 Å². The van der Waals surface area contributed by atoms with Crippen LogP contribution in [0.5, 0.6) is 0 Å². The van der Waals surface area contributed by atoms with E-state index in [1.807, 2.05) is 0 Å². The number of likely N-dealkylation sites (tertiary alicyclic amines) is 1. The number of nitrogen functional groups attached to an aromatic ring is 1. The Morgan fingerprint density at radius 3 is 2.08 bits per heavy atom. The van der Waals surface area contributed by atoms with Gasteiger partial charge in [0.2, 0.25) is 35.4 Å². The van der Waals surface area contributed by atoms with Crippen molar-refractivity contribution in [3.8, 4) is 0 Å². The predicted octanol–water partition coefficient (Wildman–Crippen LogP) is -0.0315. The molecule has 1 aliphatic heterocycles. The average Bonchev–Trinajstić information content (AvgIpc) is 4.07. The predicted molar refractivity (Wildman–Crippen MR) is 286 cm³/mol. The van der Waals surface area contributed by atoms with Crippen molar-refractivity contribution in [2.24, 2.45) is 11.8 Å². The van der Waals surface area contributed by atoms with E-state index in [0.717, 1.165) is 6.07 Å². The number of aliphatic hydroxyl groups excluding tert-OH is 1. The highest BCUT2D eigenvalue weighted by Gasteiger charge is 2.40. The van der Waals surface area contributed by atoms with Crippen molar-refractivity contribution in [2.45, 2.75) is 121 Å². The molecule has 4 aromatic rings. The van der Waals surface area contributed by atoms with Crippen molar-refractivity contribution >= 4 is 84.0 Å². The number of nitrogens with two attached hydrogens (primary N) is 1. The summed E-state index contributed by atoms with van der Waals surface area (Å²) >= 11 is 0. The second-order valence-corrected chi connectivity index (χ2v) is 23.5. The maximum Gasteiger partial charge on any atom is 0.296 e. The fraction of sp³-hybridized carbons (Fsp3) is 0.451. The molecular formula is C51H66N12O14S2. The molecule has 6 rings (SSSR count). The zero-order valence-electron chi connectivity index (χ0n) is 44.5. The molecule has 3 aromatic carbocycles. The van der Waals surface area contributed by atoms with Crippen LogP contribution < -0.4 is 43.0 Å². The number of nitrogens with one attached hydrogen (secondary N) is 7. The molecule has 28 heteroatoms. The molecule has 1 fully saturated rings. The Kier molecular flexibility index (Phi) is 19.5. The zero-order valence-corrected chi connectivity index (χ0v) is 46.2. The number of carbonyl (C=O) groups is 8. The van der Waals surface area contributed by atoms with Crippen molar-refractivity contribution in [2.75, 3.05) is 36.4 Å². The van der Waals surface area contributed by atoms with Gasteiger partial charge >= 0.3 is 0 Å². The van der Waals surface area contributed by atoms with E-state index in [-0.39, 0.29) is 59.1 Å². The summed E-state index contributed by atoms with van der Waals surface area (Å²) in [5.41, 5.74) is 5.09. The van der Waals surface area contributed by atoms with E-state index in [0.29, 0.717) is 25.1 Å². The number of carbonyl (C=O) groups excluding carboxylic acids is 8. The Bertz CT molecular complexity index is 3260. The SMILES string of the molecule is CC(=O)NC(C)C(=O)N1CCCC1C(=O)NC(C(=O)NC(C)C(=O)NC(C(=O)NCC(O)Cn1nncc1CNCCS(=O)(=O)c1cccc(Nc2cc(S(=O)(=O)O)c(N)c3c2C(=O)c2ccccc2C3=O)c1)C(C)C)C(C)C. The second-order valence-electron chi connectivity index (χ2n) is 20.0. The molecule has 1 aliphatic carbocycles. The lowest BCUT2D eigenvalue weighted by molar-refractivity contribution is -0.142. The molecular weight excluding hydrogens is 1070 g/mol. The first kappa shape index (κ1) is 60.6. The van der Waals surface area contributed by atoms with Crippen LogP contribution >= 0.6 is 0 Å². The second kappa shape index (κ2) is 25.4. The number of benzene rings is 3. The van der Waals surface area contributed by atoms with Crippen molar-refractivity contribution in [3.63, 3.8) is 0 Å². The number of hydrogen-bond acceptors (Lipinski definition) is 18. The van der Waals surface area contributed by atoms with Gasteiger partial charge < -0.3 is 53.0 Å². The Morgan fingerprint density at radius 1 is 0.797 bits per heavy atom. The van der Waals surface area contributed by atoms with E-state index in [2.05, 4.69) is 47.5 Å². The fourth-order valence-electron chi connectivity index (χ4n) is 9.12. The Labute approximate surface area is 456 Å². The largest absolute Gasteiger partial charge is 0.397 e. The number of ketones is 2. The van der Waals surface area contributed by atoms with E-state index in [9.17, 15) is 64.9 Å². The molecule has 0 radical (unpaired) electrons. The summed E-state index contributed by atoms with van der Waals surface area (Å²) in [6, 6.07) is 7.13. The highest BCUT2D eigenvalue weighted by molar-refractivity contribution is 7.91. The molecule has 79 heavy (non-hydrogen) atoms. The lowest BCUT2D eigenvalue weighted by atomic mass is 9.82. The first-order valence-electron chi connectivity index (χ1n) is 25.4.